The summed E-state index contributed by atoms with van der Waals surface area (Å²) in [6.07, 6.45) is 6.77. The van der Waals surface area contributed by atoms with E-state index in [1.807, 2.05) is 0 Å². The molecular weight excluding hydrogens is 300 g/mol. The minimum atomic E-state index is -0.379. The highest BCUT2D eigenvalue weighted by atomic mass is 16.3. The van der Waals surface area contributed by atoms with Crippen molar-refractivity contribution in [1.82, 2.24) is 4.90 Å². The van der Waals surface area contributed by atoms with Gasteiger partial charge in [0.25, 0.3) is 0 Å². The predicted octanol–water partition coefficient (Wildman–Crippen LogP) is 1.47. The quantitative estimate of drug-likeness (QED) is 0.802. The van der Waals surface area contributed by atoms with Gasteiger partial charge in [0, 0.05) is 19.5 Å². The van der Waals surface area contributed by atoms with E-state index in [1.54, 1.807) is 0 Å². The molecule has 7 fully saturated rings. The van der Waals surface area contributed by atoms with Gasteiger partial charge >= 0.3 is 0 Å². The highest BCUT2D eigenvalue weighted by Crippen LogP contribution is 2.85. The van der Waals surface area contributed by atoms with Gasteiger partial charge in [0.15, 0.2) is 0 Å². The van der Waals surface area contributed by atoms with Gasteiger partial charge in [0.2, 0.25) is 5.91 Å². The molecule has 1 amide bonds. The number of primary amides is 1. The number of hydrogen-bond acceptors (Lipinski definition) is 3. The zero-order valence-corrected chi connectivity index (χ0v) is 14.4. The Kier molecular flexibility index (Phi) is 2.77. The minimum absolute atomic E-state index is 0.171. The average molecular weight is 330 g/mol. The molecule has 0 spiro atoms. The van der Waals surface area contributed by atoms with E-state index in [0.29, 0.717) is 24.2 Å². The van der Waals surface area contributed by atoms with E-state index in [2.05, 4.69) is 4.90 Å². The Morgan fingerprint density at radius 3 is 2.42 bits per heavy atom. The zero-order chi connectivity index (χ0) is 16.2. The highest BCUT2D eigenvalue weighted by molar-refractivity contribution is 5.73. The molecule has 9 unspecified atom stereocenters. The molecule has 3 N–H and O–H groups in total. The van der Waals surface area contributed by atoms with Gasteiger partial charge in [-0.05, 0) is 91.9 Å². The van der Waals surface area contributed by atoms with Gasteiger partial charge in [-0.1, -0.05) is 0 Å². The lowest BCUT2D eigenvalue weighted by Crippen LogP contribution is -2.50. The molecule has 1 aliphatic heterocycles. The van der Waals surface area contributed by atoms with Crippen LogP contribution in [-0.2, 0) is 4.79 Å². The summed E-state index contributed by atoms with van der Waals surface area (Å²) in [7, 11) is 0. The van der Waals surface area contributed by atoms with Crippen LogP contribution >= 0.6 is 0 Å². The number of piperidine rings is 1. The van der Waals surface area contributed by atoms with Crippen LogP contribution in [0, 0.1) is 53.3 Å². The molecule has 1 heterocycles. The number of carbonyl (C=O) groups excluding carboxylic acids is 1. The molecule has 1 saturated heterocycles. The number of nitrogens with two attached hydrogens (primary N) is 1. The van der Waals surface area contributed by atoms with Gasteiger partial charge in [-0.25, -0.2) is 0 Å². The molecule has 24 heavy (non-hydrogen) atoms. The Balaban J connectivity index is 1.19. The SMILES string of the molecule is NC(=O)CCC1CCCN(CC2(O)C3C4CC5C6CC(C53)C2C64)C1. The number of hydrogen-bond donors (Lipinski definition) is 2. The average Bonchev–Trinajstić information content (AvgIpc) is 3.27. The summed E-state index contributed by atoms with van der Waals surface area (Å²) in [5, 5.41) is 11.8. The van der Waals surface area contributed by atoms with Crippen LogP contribution in [0.3, 0.4) is 0 Å². The van der Waals surface area contributed by atoms with Gasteiger partial charge in [0.1, 0.15) is 0 Å². The molecule has 0 radical (unpaired) electrons. The lowest BCUT2D eigenvalue weighted by molar-refractivity contribution is -0.118. The first kappa shape index (κ1) is 14.5. The first-order valence-corrected chi connectivity index (χ1v) is 10.3. The van der Waals surface area contributed by atoms with Crippen molar-refractivity contribution in [2.45, 2.75) is 44.1 Å². The summed E-state index contributed by atoms with van der Waals surface area (Å²) in [4.78, 5) is 13.6. The number of rotatable bonds is 5. The van der Waals surface area contributed by atoms with Crippen molar-refractivity contribution in [2.75, 3.05) is 19.6 Å². The third-order valence-corrected chi connectivity index (χ3v) is 9.40. The highest BCUT2D eigenvalue weighted by Gasteiger charge is 2.84. The zero-order valence-electron chi connectivity index (χ0n) is 14.4. The van der Waals surface area contributed by atoms with Crippen LogP contribution < -0.4 is 5.73 Å². The van der Waals surface area contributed by atoms with E-state index in [1.165, 1.54) is 25.7 Å². The monoisotopic (exact) mass is 330 g/mol. The van der Waals surface area contributed by atoms with Gasteiger partial charge in [-0.15, -0.1) is 0 Å². The Bertz CT molecular complexity index is 564. The number of amides is 1. The van der Waals surface area contributed by atoms with Crippen LogP contribution in [0.25, 0.3) is 0 Å². The van der Waals surface area contributed by atoms with Crippen molar-refractivity contribution < 1.29 is 9.90 Å². The molecule has 9 atom stereocenters. The Morgan fingerprint density at radius 2 is 1.79 bits per heavy atom. The number of nitrogens with zero attached hydrogens (tertiary/aromatic N) is 1. The summed E-state index contributed by atoms with van der Waals surface area (Å²) >= 11 is 0. The topological polar surface area (TPSA) is 66.6 Å². The Labute approximate surface area is 144 Å². The van der Waals surface area contributed by atoms with Crippen LogP contribution in [0.1, 0.15) is 38.5 Å². The van der Waals surface area contributed by atoms with E-state index >= 15 is 0 Å². The van der Waals surface area contributed by atoms with E-state index in [-0.39, 0.29) is 11.5 Å². The number of likely N-dealkylation sites (tertiary alicyclic amines) is 1. The second-order valence-electron chi connectivity index (χ2n) is 10.1. The normalized spacial score (nSPS) is 59.3. The molecule has 7 rings (SSSR count). The van der Waals surface area contributed by atoms with Crippen LogP contribution in [0.15, 0.2) is 0 Å². The second-order valence-corrected chi connectivity index (χ2v) is 10.1. The molecule has 6 saturated carbocycles. The molecule has 0 aromatic rings. The first-order valence-electron chi connectivity index (χ1n) is 10.3. The van der Waals surface area contributed by atoms with Crippen molar-refractivity contribution in [3.63, 3.8) is 0 Å². The van der Waals surface area contributed by atoms with Crippen molar-refractivity contribution in [3.8, 4) is 0 Å². The fourth-order valence-corrected chi connectivity index (χ4v) is 9.30. The molecule has 7 aliphatic rings. The summed E-state index contributed by atoms with van der Waals surface area (Å²) in [5.41, 5.74) is 4.95. The molecular formula is C20H30N2O2. The number of aliphatic hydroxyl groups is 1. The number of β-amino-alcohol motifs (C(OH)–C–C–N with tert-alkyl or cyclic N) is 1. The smallest absolute Gasteiger partial charge is 0.217 e. The largest absolute Gasteiger partial charge is 0.388 e. The van der Waals surface area contributed by atoms with Crippen molar-refractivity contribution in [1.29, 1.82) is 0 Å². The maximum absolute atomic E-state index is 11.8. The first-order chi connectivity index (χ1) is 11.6. The molecule has 6 bridgehead atoms. The van der Waals surface area contributed by atoms with Crippen LogP contribution in [-0.4, -0.2) is 41.1 Å². The summed E-state index contributed by atoms with van der Waals surface area (Å²) in [5.74, 6) is 7.17. The second kappa shape index (κ2) is 4.56. The molecule has 4 heteroatoms. The van der Waals surface area contributed by atoms with E-state index in [0.717, 1.165) is 61.6 Å². The summed E-state index contributed by atoms with van der Waals surface area (Å²) in [6.45, 7) is 3.10. The van der Waals surface area contributed by atoms with E-state index in [9.17, 15) is 9.90 Å². The maximum Gasteiger partial charge on any atom is 0.217 e. The molecule has 132 valence electrons. The van der Waals surface area contributed by atoms with Crippen LogP contribution in [0.5, 0.6) is 0 Å². The molecule has 0 aromatic heterocycles. The fourth-order valence-electron chi connectivity index (χ4n) is 9.30. The summed E-state index contributed by atoms with van der Waals surface area (Å²) < 4.78 is 0. The Morgan fingerprint density at radius 1 is 1.12 bits per heavy atom. The third kappa shape index (κ3) is 1.56. The van der Waals surface area contributed by atoms with Gasteiger partial charge in [0.05, 0.1) is 5.60 Å². The van der Waals surface area contributed by atoms with Gasteiger partial charge < -0.3 is 15.7 Å². The fraction of sp³-hybridized carbons (Fsp3) is 0.950. The minimum Gasteiger partial charge on any atom is -0.388 e. The predicted molar refractivity (Wildman–Crippen MR) is 89.7 cm³/mol. The van der Waals surface area contributed by atoms with Crippen molar-refractivity contribution in [3.05, 3.63) is 0 Å². The van der Waals surface area contributed by atoms with Gasteiger partial charge in [-0.2, -0.15) is 0 Å². The third-order valence-electron chi connectivity index (χ3n) is 9.40. The van der Waals surface area contributed by atoms with Crippen LogP contribution in [0.2, 0.25) is 0 Å². The maximum atomic E-state index is 11.8. The molecule has 0 aromatic carbocycles. The lowest BCUT2D eigenvalue weighted by Gasteiger charge is -2.40. The van der Waals surface area contributed by atoms with E-state index in [4.69, 9.17) is 5.73 Å². The number of carbonyl (C=O) groups is 1. The standard InChI is InChI=1S/C20H30N2O2/c21-15(23)4-3-10-2-1-5-22(8-10)9-20(24)18-13-6-11-12-7-14(16(11)18)19(20)17(12)13/h10-14,16-19,24H,1-9H2,(H2,21,23). The van der Waals surface area contributed by atoms with Crippen LogP contribution in [0.4, 0.5) is 0 Å². The van der Waals surface area contributed by atoms with E-state index < -0.39 is 0 Å². The molecule has 4 nitrogen and oxygen atoms in total. The summed E-state index contributed by atoms with van der Waals surface area (Å²) in [6, 6.07) is 0. The van der Waals surface area contributed by atoms with Crippen molar-refractivity contribution in [2.24, 2.45) is 59.0 Å². The lowest BCUT2D eigenvalue weighted by atomic mass is 9.71. The van der Waals surface area contributed by atoms with Gasteiger partial charge in [-0.3, -0.25) is 4.79 Å². The van der Waals surface area contributed by atoms with Crippen molar-refractivity contribution >= 4 is 5.91 Å². The molecule has 6 aliphatic carbocycles. The Hall–Kier alpha value is -0.610.